The molecular weight excluding hydrogens is 350 g/mol. The Bertz CT molecular complexity index is 946. The van der Waals surface area contributed by atoms with Crippen molar-refractivity contribution in [2.45, 2.75) is 46.6 Å². The Hall–Kier alpha value is -2.82. The van der Waals surface area contributed by atoms with Gasteiger partial charge < -0.3 is 14.6 Å². The number of carbonyl (C=O) groups excluding carboxylic acids is 1. The highest BCUT2D eigenvalue weighted by molar-refractivity contribution is 5.76. The average molecular weight is 380 g/mol. The van der Waals surface area contributed by atoms with E-state index in [0.29, 0.717) is 32.5 Å². The molecule has 28 heavy (non-hydrogen) atoms. The molecule has 0 bridgehead atoms. The molecule has 0 aliphatic heterocycles. The van der Waals surface area contributed by atoms with Crippen LogP contribution in [0.4, 0.5) is 0 Å². The molecular formula is C23H29N3O2. The number of nitrogens with one attached hydrogen (secondary N) is 1. The van der Waals surface area contributed by atoms with E-state index in [-0.39, 0.29) is 5.91 Å². The number of carbonyl (C=O) groups is 1. The molecule has 1 amide bonds. The lowest BCUT2D eigenvalue weighted by molar-refractivity contribution is -0.121. The van der Waals surface area contributed by atoms with E-state index in [2.05, 4.69) is 41.9 Å². The quantitative estimate of drug-likeness (QED) is 0.606. The lowest BCUT2D eigenvalue weighted by Gasteiger charge is -2.12. The van der Waals surface area contributed by atoms with Gasteiger partial charge in [0.25, 0.3) is 0 Å². The van der Waals surface area contributed by atoms with E-state index < -0.39 is 0 Å². The minimum atomic E-state index is 0.100. The van der Waals surface area contributed by atoms with Crippen molar-refractivity contribution in [2.75, 3.05) is 13.2 Å². The molecule has 5 nitrogen and oxygen atoms in total. The molecule has 148 valence electrons. The van der Waals surface area contributed by atoms with Crippen LogP contribution in [0.1, 0.15) is 36.7 Å². The zero-order valence-corrected chi connectivity index (χ0v) is 17.0. The number of aryl methyl sites for hydroxylation is 2. The van der Waals surface area contributed by atoms with Gasteiger partial charge in [0.1, 0.15) is 18.2 Å². The van der Waals surface area contributed by atoms with E-state index in [1.165, 1.54) is 11.1 Å². The van der Waals surface area contributed by atoms with Crippen LogP contribution in [-0.2, 0) is 17.8 Å². The maximum absolute atomic E-state index is 11.7. The summed E-state index contributed by atoms with van der Waals surface area (Å²) in [6, 6.07) is 14.3. The second kappa shape index (κ2) is 9.40. The van der Waals surface area contributed by atoms with Gasteiger partial charge in [-0.3, -0.25) is 4.79 Å². The minimum absolute atomic E-state index is 0.100. The number of hydrogen-bond acceptors (Lipinski definition) is 3. The highest BCUT2D eigenvalue weighted by atomic mass is 16.5. The highest BCUT2D eigenvalue weighted by Gasteiger charge is 2.11. The predicted octanol–water partition coefficient (Wildman–Crippen LogP) is 4.19. The fourth-order valence-corrected chi connectivity index (χ4v) is 3.25. The molecule has 1 N–H and O–H groups in total. The van der Waals surface area contributed by atoms with Crippen LogP contribution in [0.25, 0.3) is 11.0 Å². The van der Waals surface area contributed by atoms with Crippen LogP contribution in [0.5, 0.6) is 5.75 Å². The summed E-state index contributed by atoms with van der Waals surface area (Å²) in [5.74, 6) is 1.96. The number of nitrogens with zero attached hydrogens (tertiary/aromatic N) is 2. The van der Waals surface area contributed by atoms with Crippen molar-refractivity contribution in [2.24, 2.45) is 0 Å². The third-order valence-electron chi connectivity index (χ3n) is 4.94. The van der Waals surface area contributed by atoms with E-state index in [4.69, 9.17) is 9.72 Å². The van der Waals surface area contributed by atoms with Crippen LogP contribution >= 0.6 is 0 Å². The van der Waals surface area contributed by atoms with Crippen LogP contribution in [0.3, 0.4) is 0 Å². The molecule has 0 atom stereocenters. The van der Waals surface area contributed by atoms with Crippen LogP contribution in [-0.4, -0.2) is 28.6 Å². The fraction of sp³-hybridized carbons (Fsp3) is 0.391. The molecule has 0 saturated heterocycles. The lowest BCUT2D eigenvalue weighted by Crippen LogP contribution is -2.26. The summed E-state index contributed by atoms with van der Waals surface area (Å²) in [5.41, 5.74) is 4.57. The number of fused-ring (bicyclic) bond motifs is 1. The molecule has 0 aliphatic rings. The lowest BCUT2D eigenvalue weighted by atomic mass is 10.1. The summed E-state index contributed by atoms with van der Waals surface area (Å²) in [5, 5.41) is 2.97. The topological polar surface area (TPSA) is 56.2 Å². The number of imidazole rings is 1. The van der Waals surface area contributed by atoms with Gasteiger partial charge in [0.05, 0.1) is 17.6 Å². The van der Waals surface area contributed by atoms with Crippen molar-refractivity contribution in [3.05, 3.63) is 59.4 Å². The summed E-state index contributed by atoms with van der Waals surface area (Å²) in [7, 11) is 0. The van der Waals surface area contributed by atoms with Crippen molar-refractivity contribution in [1.82, 2.24) is 14.9 Å². The number of hydrogen-bond donors (Lipinski definition) is 1. The predicted molar refractivity (Wildman–Crippen MR) is 113 cm³/mol. The van der Waals surface area contributed by atoms with Gasteiger partial charge in [0.2, 0.25) is 5.91 Å². The average Bonchev–Trinajstić information content (AvgIpc) is 3.02. The first-order valence-corrected chi connectivity index (χ1v) is 9.99. The van der Waals surface area contributed by atoms with Crippen molar-refractivity contribution in [1.29, 1.82) is 0 Å². The Labute approximate surface area is 166 Å². The van der Waals surface area contributed by atoms with Gasteiger partial charge >= 0.3 is 0 Å². The van der Waals surface area contributed by atoms with Gasteiger partial charge in [-0.15, -0.1) is 0 Å². The van der Waals surface area contributed by atoms with Gasteiger partial charge in [0.15, 0.2) is 0 Å². The fourth-order valence-electron chi connectivity index (χ4n) is 3.25. The van der Waals surface area contributed by atoms with Gasteiger partial charge in [-0.05, 0) is 55.7 Å². The molecule has 0 saturated carbocycles. The normalized spacial score (nSPS) is 11.0. The van der Waals surface area contributed by atoms with Crippen molar-refractivity contribution in [3.63, 3.8) is 0 Å². The number of aromatic nitrogens is 2. The largest absolute Gasteiger partial charge is 0.492 e. The Morgan fingerprint density at radius 2 is 1.96 bits per heavy atom. The second-order valence-electron chi connectivity index (χ2n) is 7.11. The molecule has 2 aromatic carbocycles. The number of benzene rings is 2. The number of rotatable bonds is 9. The summed E-state index contributed by atoms with van der Waals surface area (Å²) in [6.45, 7) is 8.08. The zero-order valence-electron chi connectivity index (χ0n) is 17.0. The molecule has 3 rings (SSSR count). The van der Waals surface area contributed by atoms with E-state index in [9.17, 15) is 4.79 Å². The maximum Gasteiger partial charge on any atom is 0.219 e. The van der Waals surface area contributed by atoms with Gasteiger partial charge in [-0.1, -0.05) is 25.1 Å². The van der Waals surface area contributed by atoms with Crippen LogP contribution in [0.2, 0.25) is 0 Å². The molecule has 0 spiro atoms. The number of para-hydroxylation sites is 2. The Morgan fingerprint density at radius 1 is 1.14 bits per heavy atom. The van der Waals surface area contributed by atoms with Crippen molar-refractivity contribution in [3.8, 4) is 5.75 Å². The van der Waals surface area contributed by atoms with E-state index in [0.717, 1.165) is 29.0 Å². The summed E-state index contributed by atoms with van der Waals surface area (Å²) in [6.07, 6.45) is 2.13. The Morgan fingerprint density at radius 3 is 2.75 bits per heavy atom. The van der Waals surface area contributed by atoms with Gasteiger partial charge in [-0.2, -0.15) is 0 Å². The first-order valence-electron chi connectivity index (χ1n) is 9.99. The maximum atomic E-state index is 11.7. The molecule has 1 heterocycles. The molecule has 0 aliphatic carbocycles. The molecule has 5 heteroatoms. The van der Waals surface area contributed by atoms with Crippen molar-refractivity contribution < 1.29 is 9.53 Å². The van der Waals surface area contributed by atoms with Crippen LogP contribution in [0, 0.1) is 13.8 Å². The SMILES string of the molecule is CCCC(=O)NCCc1nc2ccccc2n1CCOc1ccc(C)c(C)c1. The molecule has 3 aromatic rings. The van der Waals surface area contributed by atoms with E-state index in [1.807, 2.05) is 31.2 Å². The van der Waals surface area contributed by atoms with E-state index >= 15 is 0 Å². The van der Waals surface area contributed by atoms with E-state index in [1.54, 1.807) is 0 Å². The molecule has 0 unspecified atom stereocenters. The molecule has 1 aromatic heterocycles. The van der Waals surface area contributed by atoms with Gasteiger partial charge in [0, 0.05) is 19.4 Å². The smallest absolute Gasteiger partial charge is 0.219 e. The molecule has 0 fully saturated rings. The zero-order chi connectivity index (χ0) is 19.9. The summed E-state index contributed by atoms with van der Waals surface area (Å²) >= 11 is 0. The Balaban J connectivity index is 1.67. The standard InChI is InChI=1S/C23H29N3O2/c1-4-7-23(27)24-13-12-22-25-20-8-5-6-9-21(20)26(22)14-15-28-19-11-10-17(2)18(3)16-19/h5-6,8-11,16H,4,7,12-15H2,1-3H3,(H,24,27). The first-order chi connectivity index (χ1) is 13.6. The highest BCUT2D eigenvalue weighted by Crippen LogP contribution is 2.18. The number of amides is 1. The van der Waals surface area contributed by atoms with Crippen LogP contribution in [0.15, 0.2) is 42.5 Å². The first kappa shape index (κ1) is 19.9. The van der Waals surface area contributed by atoms with Crippen LogP contribution < -0.4 is 10.1 Å². The monoisotopic (exact) mass is 379 g/mol. The molecule has 0 radical (unpaired) electrons. The minimum Gasteiger partial charge on any atom is -0.492 e. The van der Waals surface area contributed by atoms with Gasteiger partial charge in [-0.25, -0.2) is 4.98 Å². The summed E-state index contributed by atoms with van der Waals surface area (Å²) < 4.78 is 8.17. The summed E-state index contributed by atoms with van der Waals surface area (Å²) in [4.78, 5) is 16.5. The number of ether oxygens (including phenoxy) is 1. The third kappa shape index (κ3) is 4.91. The second-order valence-corrected chi connectivity index (χ2v) is 7.11. The van der Waals surface area contributed by atoms with Crippen molar-refractivity contribution >= 4 is 16.9 Å². The third-order valence-corrected chi connectivity index (χ3v) is 4.94. The Kier molecular flexibility index (Phi) is 6.69.